The minimum atomic E-state index is 0.922. The molecule has 2 aromatic rings. The molecular weight excluding hydrogens is 416 g/mol. The third-order valence-corrected chi connectivity index (χ3v) is 5.62. The first kappa shape index (κ1) is 16.8. The zero-order valence-corrected chi connectivity index (χ0v) is 17.3. The van der Waals surface area contributed by atoms with Crippen LogP contribution < -0.4 is 9.80 Å². The summed E-state index contributed by atoms with van der Waals surface area (Å²) in [6.45, 7) is 11.7. The van der Waals surface area contributed by atoms with Gasteiger partial charge in [0.15, 0.2) is 0 Å². The fourth-order valence-corrected chi connectivity index (χ4v) is 5.42. The molecule has 1 fully saturated rings. The number of benzene rings is 2. The van der Waals surface area contributed by atoms with Crippen molar-refractivity contribution in [3.05, 3.63) is 55.5 Å². The summed E-state index contributed by atoms with van der Waals surface area (Å²) in [5.74, 6) is 0. The Labute approximate surface area is 155 Å². The second-order valence-electron chi connectivity index (χ2n) is 6.49. The lowest BCUT2D eigenvalue weighted by Crippen LogP contribution is -2.26. The molecular formula is C19H22Br2N2. The summed E-state index contributed by atoms with van der Waals surface area (Å²) in [5.41, 5.74) is 7.90. The Morgan fingerprint density at radius 1 is 0.696 bits per heavy atom. The summed E-state index contributed by atoms with van der Waals surface area (Å²) >= 11 is 7.51. The molecule has 1 aliphatic rings. The van der Waals surface area contributed by atoms with Crippen LogP contribution in [0.4, 0.5) is 11.4 Å². The predicted octanol–water partition coefficient (Wildman–Crippen LogP) is 5.73. The number of anilines is 2. The Morgan fingerprint density at radius 2 is 1.09 bits per heavy atom. The summed E-state index contributed by atoms with van der Waals surface area (Å²) in [5, 5.41) is 0. The van der Waals surface area contributed by atoms with Crippen molar-refractivity contribution in [3.8, 4) is 0 Å². The Kier molecular flexibility index (Phi) is 4.75. The zero-order valence-electron chi connectivity index (χ0n) is 14.1. The number of hydrogen-bond donors (Lipinski definition) is 0. The molecule has 122 valence electrons. The van der Waals surface area contributed by atoms with Crippen LogP contribution in [0.2, 0.25) is 0 Å². The van der Waals surface area contributed by atoms with Crippen LogP contribution in [-0.2, 0) is 0 Å². The first-order valence-corrected chi connectivity index (χ1v) is 9.49. The van der Waals surface area contributed by atoms with Gasteiger partial charge in [-0.1, -0.05) is 12.1 Å². The van der Waals surface area contributed by atoms with Crippen LogP contribution in [0.5, 0.6) is 0 Å². The fourth-order valence-electron chi connectivity index (χ4n) is 3.57. The third kappa shape index (κ3) is 3.29. The van der Waals surface area contributed by atoms with Crippen molar-refractivity contribution in [2.45, 2.75) is 27.7 Å². The number of hydrogen-bond acceptors (Lipinski definition) is 2. The zero-order chi connectivity index (χ0) is 16.7. The summed E-state index contributed by atoms with van der Waals surface area (Å²) in [6, 6.07) is 8.93. The van der Waals surface area contributed by atoms with Crippen molar-refractivity contribution in [1.29, 1.82) is 0 Å². The number of halogens is 2. The molecule has 0 aromatic heterocycles. The van der Waals surface area contributed by atoms with Gasteiger partial charge in [0.05, 0.1) is 18.0 Å². The maximum absolute atomic E-state index is 3.75. The van der Waals surface area contributed by atoms with Crippen LogP contribution >= 0.6 is 31.9 Å². The van der Waals surface area contributed by atoms with Crippen LogP contribution in [0.3, 0.4) is 0 Å². The van der Waals surface area contributed by atoms with Crippen molar-refractivity contribution in [3.63, 3.8) is 0 Å². The van der Waals surface area contributed by atoms with Gasteiger partial charge in [-0.15, -0.1) is 0 Å². The minimum absolute atomic E-state index is 0.922. The second-order valence-corrected chi connectivity index (χ2v) is 8.20. The topological polar surface area (TPSA) is 6.48 Å². The highest BCUT2D eigenvalue weighted by Crippen LogP contribution is 2.37. The van der Waals surface area contributed by atoms with Gasteiger partial charge in [0.2, 0.25) is 0 Å². The van der Waals surface area contributed by atoms with Gasteiger partial charge in [0, 0.05) is 22.0 Å². The average Bonchev–Trinajstić information content (AvgIpc) is 2.85. The predicted molar refractivity (Wildman–Crippen MR) is 107 cm³/mol. The van der Waals surface area contributed by atoms with E-state index in [2.05, 4.69) is 93.6 Å². The van der Waals surface area contributed by atoms with Crippen molar-refractivity contribution < 1.29 is 0 Å². The molecule has 0 radical (unpaired) electrons. The van der Waals surface area contributed by atoms with Crippen LogP contribution in [0.15, 0.2) is 33.2 Å². The monoisotopic (exact) mass is 436 g/mol. The highest BCUT2D eigenvalue weighted by Gasteiger charge is 2.25. The Hall–Kier alpha value is -1.000. The summed E-state index contributed by atoms with van der Waals surface area (Å²) < 4.78 is 2.38. The Bertz CT molecular complexity index is 646. The third-order valence-electron chi connectivity index (χ3n) is 4.41. The van der Waals surface area contributed by atoms with E-state index in [1.165, 1.54) is 42.6 Å². The molecule has 0 bridgehead atoms. The molecule has 3 rings (SSSR count). The van der Waals surface area contributed by atoms with Crippen LogP contribution in [-0.4, -0.2) is 19.8 Å². The molecule has 1 saturated heterocycles. The van der Waals surface area contributed by atoms with Gasteiger partial charge in [-0.2, -0.15) is 0 Å². The molecule has 0 atom stereocenters. The van der Waals surface area contributed by atoms with Gasteiger partial charge < -0.3 is 9.80 Å². The van der Waals surface area contributed by atoms with Gasteiger partial charge in [0.25, 0.3) is 0 Å². The molecule has 23 heavy (non-hydrogen) atoms. The van der Waals surface area contributed by atoms with Gasteiger partial charge in [-0.05, 0) is 93.9 Å². The number of aryl methyl sites for hydroxylation is 4. The Morgan fingerprint density at radius 3 is 1.43 bits per heavy atom. The van der Waals surface area contributed by atoms with E-state index in [0.29, 0.717) is 0 Å². The summed E-state index contributed by atoms with van der Waals surface area (Å²) in [6.07, 6.45) is 0. The number of nitrogens with zero attached hydrogens (tertiary/aromatic N) is 2. The number of rotatable bonds is 2. The molecule has 1 aliphatic heterocycles. The molecule has 0 unspecified atom stereocenters. The first-order valence-electron chi connectivity index (χ1n) is 7.90. The van der Waals surface area contributed by atoms with E-state index in [9.17, 15) is 0 Å². The molecule has 0 spiro atoms. The van der Waals surface area contributed by atoms with E-state index in [-0.39, 0.29) is 0 Å². The molecule has 0 N–H and O–H groups in total. The van der Waals surface area contributed by atoms with Crippen molar-refractivity contribution in [2.24, 2.45) is 0 Å². The molecule has 0 saturated carbocycles. The normalized spacial score (nSPS) is 14.7. The lowest BCUT2D eigenvalue weighted by atomic mass is 10.1. The molecule has 2 aromatic carbocycles. The SMILES string of the molecule is Cc1cc(C)c(N2CCN(c3c(C)cc(C)cc3Br)C2)c(Br)c1. The van der Waals surface area contributed by atoms with Crippen molar-refractivity contribution in [2.75, 3.05) is 29.6 Å². The maximum Gasteiger partial charge on any atom is 0.0905 e. The summed E-state index contributed by atoms with van der Waals surface area (Å²) in [7, 11) is 0. The minimum Gasteiger partial charge on any atom is -0.351 e. The Balaban J connectivity index is 1.91. The van der Waals surface area contributed by atoms with Gasteiger partial charge >= 0.3 is 0 Å². The van der Waals surface area contributed by atoms with Crippen molar-refractivity contribution >= 4 is 43.2 Å². The van der Waals surface area contributed by atoms with E-state index < -0.39 is 0 Å². The van der Waals surface area contributed by atoms with Gasteiger partial charge in [-0.3, -0.25) is 0 Å². The van der Waals surface area contributed by atoms with Crippen molar-refractivity contribution in [1.82, 2.24) is 0 Å². The molecule has 2 nitrogen and oxygen atoms in total. The van der Waals surface area contributed by atoms with Gasteiger partial charge in [0.1, 0.15) is 0 Å². The molecule has 1 heterocycles. The quantitative estimate of drug-likeness (QED) is 0.591. The van der Waals surface area contributed by atoms with E-state index >= 15 is 0 Å². The first-order chi connectivity index (χ1) is 10.9. The molecule has 0 amide bonds. The molecule has 0 aliphatic carbocycles. The lowest BCUT2D eigenvalue weighted by Gasteiger charge is -2.26. The van der Waals surface area contributed by atoms with E-state index in [0.717, 1.165) is 19.8 Å². The van der Waals surface area contributed by atoms with Gasteiger partial charge in [-0.25, -0.2) is 0 Å². The summed E-state index contributed by atoms with van der Waals surface area (Å²) in [4.78, 5) is 4.93. The molecule has 4 heteroatoms. The van der Waals surface area contributed by atoms with E-state index in [1.54, 1.807) is 0 Å². The fraction of sp³-hybridized carbons (Fsp3) is 0.368. The smallest absolute Gasteiger partial charge is 0.0905 e. The maximum atomic E-state index is 3.75. The lowest BCUT2D eigenvalue weighted by molar-refractivity contribution is 0.934. The average molecular weight is 438 g/mol. The van der Waals surface area contributed by atoms with Crippen LogP contribution in [0, 0.1) is 27.7 Å². The van der Waals surface area contributed by atoms with Crippen LogP contribution in [0.25, 0.3) is 0 Å². The largest absolute Gasteiger partial charge is 0.351 e. The second kappa shape index (κ2) is 6.48. The standard InChI is InChI=1S/C19H22Br2N2/c1-12-7-14(3)18(16(20)9-12)22-5-6-23(11-22)19-15(4)8-13(2)10-17(19)21/h7-10H,5-6,11H2,1-4H3. The van der Waals surface area contributed by atoms with E-state index in [4.69, 9.17) is 0 Å². The van der Waals surface area contributed by atoms with Crippen LogP contribution in [0.1, 0.15) is 22.3 Å². The van der Waals surface area contributed by atoms with E-state index in [1.807, 2.05) is 0 Å². The highest BCUT2D eigenvalue weighted by atomic mass is 79.9. The highest BCUT2D eigenvalue weighted by molar-refractivity contribution is 9.11.